The van der Waals surface area contributed by atoms with Crippen LogP contribution in [0, 0.1) is 11.7 Å². The number of fused-ring (bicyclic) bond motifs is 1. The van der Waals surface area contributed by atoms with Crippen molar-refractivity contribution in [3.8, 4) is 5.75 Å². The average molecular weight is 418 g/mol. The van der Waals surface area contributed by atoms with Crippen LogP contribution in [0.2, 0.25) is 0 Å². The predicted molar refractivity (Wildman–Crippen MR) is 112 cm³/mol. The zero-order chi connectivity index (χ0) is 21.5. The van der Waals surface area contributed by atoms with Crippen LogP contribution < -0.4 is 14.7 Å². The third kappa shape index (κ3) is 3.05. The van der Waals surface area contributed by atoms with Gasteiger partial charge in [0.05, 0.1) is 24.5 Å². The number of rotatable bonds is 4. The number of hydrogen-bond acceptors (Lipinski definition) is 5. The van der Waals surface area contributed by atoms with Crippen molar-refractivity contribution in [2.75, 3.05) is 17.1 Å². The van der Waals surface area contributed by atoms with Crippen molar-refractivity contribution in [1.29, 1.82) is 0 Å². The molecule has 3 aromatic carbocycles. The Labute approximate surface area is 178 Å². The van der Waals surface area contributed by atoms with Gasteiger partial charge in [0.1, 0.15) is 17.5 Å². The zero-order valence-corrected chi connectivity index (χ0v) is 16.6. The minimum Gasteiger partial charge on any atom is -0.497 e. The maximum atomic E-state index is 14.8. The Kier molecular flexibility index (Phi) is 4.67. The molecule has 2 heterocycles. The first kappa shape index (κ1) is 19.3. The first-order chi connectivity index (χ1) is 15.1. The fourth-order valence-corrected chi connectivity index (χ4v) is 4.25. The number of carbonyl (C=O) groups excluding carboxylic acids is 2. The maximum Gasteiger partial charge on any atom is 0.266 e. The summed E-state index contributed by atoms with van der Waals surface area (Å²) in [6.45, 7) is 0. The van der Waals surface area contributed by atoms with Gasteiger partial charge >= 0.3 is 0 Å². The second-order valence-corrected chi connectivity index (χ2v) is 7.39. The van der Waals surface area contributed by atoms with Crippen molar-refractivity contribution < 1.29 is 23.6 Å². The Hall–Kier alpha value is -3.71. The lowest BCUT2D eigenvalue weighted by atomic mass is 9.90. The lowest BCUT2D eigenvalue weighted by molar-refractivity contribution is -0.126. The van der Waals surface area contributed by atoms with E-state index < -0.39 is 35.7 Å². The maximum absolute atomic E-state index is 14.8. The highest BCUT2D eigenvalue weighted by Crippen LogP contribution is 2.48. The first-order valence-corrected chi connectivity index (χ1v) is 9.87. The monoisotopic (exact) mass is 418 g/mol. The van der Waals surface area contributed by atoms with Crippen molar-refractivity contribution in [3.05, 3.63) is 90.2 Å². The van der Waals surface area contributed by atoms with Crippen LogP contribution in [0.25, 0.3) is 0 Å². The molecular weight excluding hydrogens is 399 g/mol. The van der Waals surface area contributed by atoms with Gasteiger partial charge in [0.2, 0.25) is 5.91 Å². The highest BCUT2D eigenvalue weighted by molar-refractivity contribution is 6.24. The van der Waals surface area contributed by atoms with Gasteiger partial charge in [-0.1, -0.05) is 42.5 Å². The van der Waals surface area contributed by atoms with E-state index in [9.17, 15) is 14.0 Å². The van der Waals surface area contributed by atoms with Crippen LogP contribution in [0.3, 0.4) is 0 Å². The van der Waals surface area contributed by atoms with Crippen molar-refractivity contribution in [2.45, 2.75) is 12.1 Å². The Morgan fingerprint density at radius 3 is 2.32 bits per heavy atom. The summed E-state index contributed by atoms with van der Waals surface area (Å²) in [4.78, 5) is 33.9. The topological polar surface area (TPSA) is 59.1 Å². The standard InChI is InChI=1S/C24H19FN2O4/c1-30-17-11-7-10-16(14-17)26-23(28)20-21(18-12-5-6-13-19(18)25)27(31-22(20)24(26)29)15-8-3-2-4-9-15/h2-14,20-22H,1H3. The van der Waals surface area contributed by atoms with Crippen LogP contribution in [0.1, 0.15) is 11.6 Å². The first-order valence-electron chi connectivity index (χ1n) is 9.87. The molecule has 3 aromatic rings. The molecule has 156 valence electrons. The summed E-state index contributed by atoms with van der Waals surface area (Å²) in [6, 6.07) is 21.2. The molecule has 0 aromatic heterocycles. The SMILES string of the molecule is COc1cccc(N2C(=O)C3ON(c4ccccc4)C(c4ccccc4F)C3C2=O)c1. The van der Waals surface area contributed by atoms with E-state index in [1.165, 1.54) is 18.2 Å². The summed E-state index contributed by atoms with van der Waals surface area (Å²) in [6.07, 6.45) is -1.05. The van der Waals surface area contributed by atoms with E-state index >= 15 is 0 Å². The van der Waals surface area contributed by atoms with Crippen LogP contribution in [0.5, 0.6) is 5.75 Å². The molecule has 0 spiro atoms. The van der Waals surface area contributed by atoms with Crippen LogP contribution in [0.15, 0.2) is 78.9 Å². The molecule has 31 heavy (non-hydrogen) atoms. The number of ether oxygens (including phenoxy) is 1. The number of hydrogen-bond donors (Lipinski definition) is 0. The van der Waals surface area contributed by atoms with Gasteiger partial charge in [-0.25, -0.2) is 14.4 Å². The fraction of sp³-hybridized carbons (Fsp3) is 0.167. The number of hydroxylamine groups is 1. The third-order valence-electron chi connectivity index (χ3n) is 5.66. The molecular formula is C24H19FN2O4. The minimum atomic E-state index is -1.05. The number of imide groups is 1. The number of carbonyl (C=O) groups is 2. The number of nitrogens with zero attached hydrogens (tertiary/aromatic N) is 2. The van der Waals surface area contributed by atoms with E-state index in [1.54, 1.807) is 54.6 Å². The van der Waals surface area contributed by atoms with E-state index in [1.807, 2.05) is 18.2 Å². The van der Waals surface area contributed by atoms with E-state index in [-0.39, 0.29) is 0 Å². The smallest absolute Gasteiger partial charge is 0.266 e. The number of amides is 2. The Morgan fingerprint density at radius 2 is 1.58 bits per heavy atom. The molecule has 0 aliphatic carbocycles. The molecule has 3 unspecified atom stereocenters. The van der Waals surface area contributed by atoms with Gasteiger partial charge in [0.25, 0.3) is 5.91 Å². The second-order valence-electron chi connectivity index (χ2n) is 7.39. The molecule has 7 heteroatoms. The zero-order valence-electron chi connectivity index (χ0n) is 16.6. The molecule has 6 nitrogen and oxygen atoms in total. The number of methoxy groups -OCH3 is 1. The molecule has 0 saturated carbocycles. The second kappa shape index (κ2) is 7.52. The molecule has 0 bridgehead atoms. The van der Waals surface area contributed by atoms with Crippen molar-refractivity contribution >= 4 is 23.2 Å². The normalized spacial score (nSPS) is 22.7. The molecule has 2 saturated heterocycles. The quantitative estimate of drug-likeness (QED) is 0.602. The number of para-hydroxylation sites is 1. The van der Waals surface area contributed by atoms with Crippen LogP contribution in [0.4, 0.5) is 15.8 Å². The van der Waals surface area contributed by atoms with Gasteiger partial charge in [-0.2, -0.15) is 0 Å². The Morgan fingerprint density at radius 1 is 0.871 bits per heavy atom. The van der Waals surface area contributed by atoms with Gasteiger partial charge in [-0.15, -0.1) is 0 Å². The lowest BCUT2D eigenvalue weighted by Crippen LogP contribution is -2.37. The molecule has 2 amide bonds. The molecule has 0 radical (unpaired) electrons. The van der Waals surface area contributed by atoms with Gasteiger partial charge in [-0.05, 0) is 30.3 Å². The summed E-state index contributed by atoms with van der Waals surface area (Å²) in [5.41, 5.74) is 1.33. The Balaban J connectivity index is 1.60. The van der Waals surface area contributed by atoms with Crippen LogP contribution in [-0.4, -0.2) is 25.0 Å². The molecule has 2 fully saturated rings. The van der Waals surface area contributed by atoms with Gasteiger partial charge in [-0.3, -0.25) is 14.4 Å². The van der Waals surface area contributed by atoms with Gasteiger partial charge in [0.15, 0.2) is 6.10 Å². The minimum absolute atomic E-state index is 0.299. The predicted octanol–water partition coefficient (Wildman–Crippen LogP) is 3.89. The highest BCUT2D eigenvalue weighted by atomic mass is 19.1. The van der Waals surface area contributed by atoms with E-state index in [4.69, 9.17) is 9.57 Å². The number of anilines is 2. The van der Waals surface area contributed by atoms with Crippen molar-refractivity contribution in [1.82, 2.24) is 0 Å². The highest BCUT2D eigenvalue weighted by Gasteiger charge is 2.60. The summed E-state index contributed by atoms with van der Waals surface area (Å²) in [7, 11) is 1.51. The van der Waals surface area contributed by atoms with E-state index in [0.717, 1.165) is 4.90 Å². The van der Waals surface area contributed by atoms with E-state index in [0.29, 0.717) is 22.7 Å². The molecule has 0 N–H and O–H groups in total. The largest absolute Gasteiger partial charge is 0.497 e. The summed E-state index contributed by atoms with van der Waals surface area (Å²) >= 11 is 0. The fourth-order valence-electron chi connectivity index (χ4n) is 4.25. The van der Waals surface area contributed by atoms with Gasteiger partial charge in [0, 0.05) is 11.6 Å². The van der Waals surface area contributed by atoms with Crippen LogP contribution >= 0.6 is 0 Å². The number of halogens is 1. The van der Waals surface area contributed by atoms with Crippen LogP contribution in [-0.2, 0) is 14.4 Å². The average Bonchev–Trinajstić information content (AvgIpc) is 3.31. The molecule has 2 aliphatic rings. The molecule has 2 aliphatic heterocycles. The van der Waals surface area contributed by atoms with E-state index in [2.05, 4.69) is 0 Å². The summed E-state index contributed by atoms with van der Waals surface area (Å²) in [5.74, 6) is -1.75. The number of benzene rings is 3. The third-order valence-corrected chi connectivity index (χ3v) is 5.66. The lowest BCUT2D eigenvalue weighted by Gasteiger charge is -2.29. The van der Waals surface area contributed by atoms with Crippen molar-refractivity contribution in [2.24, 2.45) is 5.92 Å². The summed E-state index contributed by atoms with van der Waals surface area (Å²) < 4.78 is 20.0. The Bertz CT molecular complexity index is 1150. The molecule has 5 rings (SSSR count). The van der Waals surface area contributed by atoms with Crippen molar-refractivity contribution in [3.63, 3.8) is 0 Å². The molecule has 3 atom stereocenters. The summed E-state index contributed by atoms with van der Waals surface area (Å²) in [5, 5.41) is 1.48. The van der Waals surface area contributed by atoms with Gasteiger partial charge < -0.3 is 4.74 Å².